The van der Waals surface area contributed by atoms with Gasteiger partial charge >= 0.3 is 0 Å². The smallest absolute Gasteiger partial charge is 0.251 e. The molecule has 1 fully saturated rings. The first kappa shape index (κ1) is 27.4. The van der Waals surface area contributed by atoms with E-state index in [0.717, 1.165) is 65.9 Å². The van der Waals surface area contributed by atoms with E-state index in [2.05, 4.69) is 72.7 Å². The first-order valence-electron chi connectivity index (χ1n) is 13.8. The predicted molar refractivity (Wildman–Crippen MR) is 158 cm³/mol. The van der Waals surface area contributed by atoms with Crippen LogP contribution in [0.25, 0.3) is 22.2 Å². The van der Waals surface area contributed by atoms with Crippen LogP contribution in [0.4, 0.5) is 11.8 Å². The minimum Gasteiger partial charge on any atom is -0.369 e. The molecule has 4 aromatic rings. The van der Waals surface area contributed by atoms with E-state index in [-0.39, 0.29) is 11.3 Å². The highest BCUT2D eigenvalue weighted by molar-refractivity contribution is 6.06. The fourth-order valence-electron chi connectivity index (χ4n) is 5.17. The molecule has 0 aliphatic carbocycles. The Hall–Kier alpha value is -4.18. The Morgan fingerprint density at radius 3 is 2.58 bits per heavy atom. The Balaban J connectivity index is 1.31. The Morgan fingerprint density at radius 1 is 1.07 bits per heavy atom. The summed E-state index contributed by atoms with van der Waals surface area (Å²) in [5.74, 6) is 1.24. The molecule has 1 amide bonds. The minimum atomic E-state index is -0.261. The number of fused-ring (bicyclic) bond motifs is 1. The van der Waals surface area contributed by atoms with Crippen molar-refractivity contribution in [3.05, 3.63) is 66.4 Å². The van der Waals surface area contributed by atoms with Crippen molar-refractivity contribution < 1.29 is 4.79 Å². The number of likely N-dealkylation sites (tertiary alicyclic amines) is 1. The van der Waals surface area contributed by atoms with Crippen LogP contribution in [-0.2, 0) is 5.41 Å². The number of anilines is 2. The van der Waals surface area contributed by atoms with E-state index in [1.165, 1.54) is 0 Å². The highest BCUT2D eigenvalue weighted by Gasteiger charge is 2.28. The number of amides is 1. The molecule has 4 heterocycles. The third-order valence-corrected chi connectivity index (χ3v) is 8.00. The van der Waals surface area contributed by atoms with Gasteiger partial charge in [-0.1, -0.05) is 32.0 Å². The molecular formula is C30H37N9O. The van der Waals surface area contributed by atoms with E-state index in [1.54, 1.807) is 38.0 Å². The molecule has 10 nitrogen and oxygen atoms in total. The number of pyridine rings is 1. The zero-order chi connectivity index (χ0) is 28.1. The lowest BCUT2D eigenvalue weighted by molar-refractivity contribution is 0.0964. The van der Waals surface area contributed by atoms with Gasteiger partial charge in [-0.2, -0.15) is 0 Å². The first-order valence-corrected chi connectivity index (χ1v) is 13.8. The molecule has 3 N–H and O–H groups in total. The molecule has 1 aliphatic rings. The molecule has 10 heteroatoms. The summed E-state index contributed by atoms with van der Waals surface area (Å²) in [5.41, 5.74) is 3.87. The van der Waals surface area contributed by atoms with Crippen LogP contribution in [0, 0.1) is 0 Å². The first-order chi connectivity index (χ1) is 19.4. The molecule has 0 saturated carbocycles. The van der Waals surface area contributed by atoms with Gasteiger partial charge in [0.1, 0.15) is 12.1 Å². The largest absolute Gasteiger partial charge is 0.369 e. The molecule has 1 aliphatic heterocycles. The van der Waals surface area contributed by atoms with E-state index >= 15 is 0 Å². The Kier molecular flexibility index (Phi) is 8.16. The molecular weight excluding hydrogens is 502 g/mol. The van der Waals surface area contributed by atoms with Crippen molar-refractivity contribution in [1.29, 1.82) is 0 Å². The van der Waals surface area contributed by atoms with Crippen molar-refractivity contribution in [2.75, 3.05) is 44.4 Å². The summed E-state index contributed by atoms with van der Waals surface area (Å²) in [6, 6.07) is 10.1. The van der Waals surface area contributed by atoms with Crippen molar-refractivity contribution in [3.63, 3.8) is 0 Å². The zero-order valence-electron chi connectivity index (χ0n) is 23.6. The van der Waals surface area contributed by atoms with Gasteiger partial charge in [0, 0.05) is 60.7 Å². The number of hydrogen-bond acceptors (Lipinski definition) is 9. The number of nitrogens with zero attached hydrogens (tertiary/aromatic N) is 6. The average Bonchev–Trinajstić information content (AvgIpc) is 3.00. The van der Waals surface area contributed by atoms with Crippen LogP contribution >= 0.6 is 0 Å². The standard InChI is InChI=1S/C30H37N9O/c1-5-30(2,24-8-6-7-22-23(28(40)31-3)9-12-32-27(22)24)18-35-26-15-25(36-19-37-26)20-16-33-29(34-17-20)38-21-10-13-39(4)14-11-21/h6-9,12,15-17,19,21H,5,10-11,13-14,18H2,1-4H3,(H,31,40)(H,33,34,38)(H,35,36,37)/t30-/m0/s1. The lowest BCUT2D eigenvalue weighted by atomic mass is 9.78. The van der Waals surface area contributed by atoms with E-state index in [4.69, 9.17) is 0 Å². The molecule has 40 heavy (non-hydrogen) atoms. The SMILES string of the molecule is CC[C@@](C)(CNc1cc(-c2cnc(NC3CCN(C)CC3)nc2)ncn1)c1cccc2c(C(=O)NC)ccnc12. The van der Waals surface area contributed by atoms with Crippen LogP contribution in [0.5, 0.6) is 0 Å². The average molecular weight is 540 g/mol. The van der Waals surface area contributed by atoms with Gasteiger partial charge in [-0.15, -0.1) is 0 Å². The lowest BCUT2D eigenvalue weighted by Crippen LogP contribution is -2.37. The van der Waals surface area contributed by atoms with Gasteiger partial charge in [0.25, 0.3) is 5.91 Å². The van der Waals surface area contributed by atoms with Gasteiger partial charge in [-0.3, -0.25) is 9.78 Å². The summed E-state index contributed by atoms with van der Waals surface area (Å²) in [5, 5.41) is 10.5. The maximum Gasteiger partial charge on any atom is 0.251 e. The van der Waals surface area contributed by atoms with Crippen molar-refractivity contribution in [2.24, 2.45) is 0 Å². The molecule has 1 aromatic carbocycles. The Morgan fingerprint density at radius 2 is 1.85 bits per heavy atom. The van der Waals surface area contributed by atoms with E-state index in [0.29, 0.717) is 24.1 Å². The Bertz CT molecular complexity index is 1470. The van der Waals surface area contributed by atoms with Crippen molar-refractivity contribution >= 4 is 28.6 Å². The lowest BCUT2D eigenvalue weighted by Gasteiger charge is -2.30. The van der Waals surface area contributed by atoms with Crippen LogP contribution in [-0.4, -0.2) is 75.5 Å². The van der Waals surface area contributed by atoms with Crippen LogP contribution in [0.3, 0.4) is 0 Å². The van der Waals surface area contributed by atoms with E-state index < -0.39 is 0 Å². The van der Waals surface area contributed by atoms with Crippen LogP contribution < -0.4 is 16.0 Å². The zero-order valence-corrected chi connectivity index (χ0v) is 23.6. The number of para-hydroxylation sites is 1. The van der Waals surface area contributed by atoms with Crippen LogP contribution in [0.2, 0.25) is 0 Å². The fraction of sp³-hybridized carbons (Fsp3) is 0.400. The second-order valence-electron chi connectivity index (χ2n) is 10.7. The molecule has 0 bridgehead atoms. The summed E-state index contributed by atoms with van der Waals surface area (Å²) >= 11 is 0. The van der Waals surface area contributed by atoms with E-state index in [1.807, 2.05) is 18.2 Å². The Labute approximate surface area is 235 Å². The van der Waals surface area contributed by atoms with Crippen molar-refractivity contribution in [3.8, 4) is 11.3 Å². The number of rotatable bonds is 9. The van der Waals surface area contributed by atoms with Gasteiger partial charge in [0.15, 0.2) is 0 Å². The number of piperidine rings is 1. The summed E-state index contributed by atoms with van der Waals surface area (Å²) in [4.78, 5) is 37.5. The number of hydrogen-bond donors (Lipinski definition) is 3. The van der Waals surface area contributed by atoms with Crippen LogP contribution in [0.1, 0.15) is 49.0 Å². The highest BCUT2D eigenvalue weighted by atomic mass is 16.1. The van der Waals surface area contributed by atoms with Crippen molar-refractivity contribution in [1.82, 2.24) is 35.1 Å². The monoisotopic (exact) mass is 539 g/mol. The molecule has 208 valence electrons. The molecule has 1 saturated heterocycles. The van der Waals surface area contributed by atoms with Crippen LogP contribution in [0.15, 0.2) is 55.2 Å². The van der Waals surface area contributed by atoms with Gasteiger partial charge in [-0.25, -0.2) is 19.9 Å². The number of carbonyl (C=O) groups excluding carboxylic acids is 1. The number of nitrogens with one attached hydrogen (secondary N) is 3. The van der Waals surface area contributed by atoms with Gasteiger partial charge in [0.2, 0.25) is 5.95 Å². The second-order valence-corrected chi connectivity index (χ2v) is 10.7. The fourth-order valence-corrected chi connectivity index (χ4v) is 5.17. The highest BCUT2D eigenvalue weighted by Crippen LogP contribution is 2.34. The maximum absolute atomic E-state index is 12.5. The summed E-state index contributed by atoms with van der Waals surface area (Å²) in [7, 11) is 3.79. The topological polar surface area (TPSA) is 121 Å². The molecule has 0 unspecified atom stereocenters. The quantitative estimate of drug-likeness (QED) is 0.288. The molecule has 0 radical (unpaired) electrons. The summed E-state index contributed by atoms with van der Waals surface area (Å²) in [6.45, 7) is 7.15. The van der Waals surface area contributed by atoms with E-state index in [9.17, 15) is 4.79 Å². The number of aromatic nitrogens is 5. The predicted octanol–water partition coefficient (Wildman–Crippen LogP) is 4.13. The normalized spacial score (nSPS) is 15.9. The number of carbonyl (C=O) groups is 1. The van der Waals surface area contributed by atoms with Crippen molar-refractivity contribution in [2.45, 2.75) is 44.6 Å². The maximum atomic E-state index is 12.5. The third kappa shape index (κ3) is 5.86. The summed E-state index contributed by atoms with van der Waals surface area (Å²) < 4.78 is 0. The second kappa shape index (κ2) is 11.9. The molecule has 5 rings (SSSR count). The van der Waals surface area contributed by atoms with Gasteiger partial charge in [0.05, 0.1) is 16.8 Å². The summed E-state index contributed by atoms with van der Waals surface area (Å²) in [6.07, 6.45) is 9.90. The van der Waals surface area contributed by atoms with Gasteiger partial charge < -0.3 is 20.9 Å². The minimum absolute atomic E-state index is 0.121. The van der Waals surface area contributed by atoms with Gasteiger partial charge in [-0.05, 0) is 51.0 Å². The molecule has 1 atom stereocenters. The third-order valence-electron chi connectivity index (χ3n) is 8.00. The molecule has 3 aromatic heterocycles. The molecule has 0 spiro atoms. The number of benzene rings is 1.